The average molecular weight is 440 g/mol. The fourth-order valence-electron chi connectivity index (χ4n) is 3.53. The second-order valence-electron chi connectivity index (χ2n) is 7.44. The summed E-state index contributed by atoms with van der Waals surface area (Å²) < 4.78 is 17.4. The van der Waals surface area contributed by atoms with Gasteiger partial charge in [-0.15, -0.1) is 0 Å². The number of H-pyrrole nitrogens is 1. The second kappa shape index (κ2) is 10.8. The molecule has 3 aromatic rings. The number of hydrogen-bond acceptors (Lipinski definition) is 9. The highest BCUT2D eigenvalue weighted by atomic mass is 16.5. The van der Waals surface area contributed by atoms with Crippen molar-refractivity contribution in [1.29, 1.82) is 0 Å². The molecule has 3 heterocycles. The fourth-order valence-corrected chi connectivity index (χ4v) is 3.53. The minimum Gasteiger partial charge on any atom is -0.496 e. The van der Waals surface area contributed by atoms with E-state index in [0.29, 0.717) is 42.2 Å². The summed E-state index contributed by atoms with van der Waals surface area (Å²) in [5.74, 6) is 3.00. The third-order valence-electron chi connectivity index (χ3n) is 5.07. The van der Waals surface area contributed by atoms with E-state index in [1.807, 2.05) is 24.3 Å². The SMILES string of the molecule is COc1cccc(OCCCN)c1-c1cc(Nc2cncc(O[C@@H]3CCCNC3)n2)n[nH]1. The number of ether oxygens (including phenoxy) is 3. The van der Waals surface area contributed by atoms with Crippen LogP contribution in [0.4, 0.5) is 11.6 Å². The highest BCUT2D eigenvalue weighted by Crippen LogP contribution is 2.38. The zero-order valence-corrected chi connectivity index (χ0v) is 18.1. The van der Waals surface area contributed by atoms with Crippen LogP contribution in [0.25, 0.3) is 11.3 Å². The summed E-state index contributed by atoms with van der Waals surface area (Å²) in [5.41, 5.74) is 7.13. The molecule has 10 heteroatoms. The Morgan fingerprint density at radius 2 is 2.12 bits per heavy atom. The van der Waals surface area contributed by atoms with Gasteiger partial charge in [0.25, 0.3) is 0 Å². The minimum absolute atomic E-state index is 0.105. The smallest absolute Gasteiger partial charge is 0.234 e. The molecule has 10 nitrogen and oxygen atoms in total. The van der Waals surface area contributed by atoms with Gasteiger partial charge in [-0.3, -0.25) is 10.1 Å². The first kappa shape index (κ1) is 21.8. The highest BCUT2D eigenvalue weighted by molar-refractivity contribution is 5.76. The van der Waals surface area contributed by atoms with Gasteiger partial charge in [0, 0.05) is 12.6 Å². The predicted octanol–water partition coefficient (Wildman–Crippen LogP) is 2.48. The molecule has 1 aliphatic heterocycles. The van der Waals surface area contributed by atoms with Gasteiger partial charge in [-0.2, -0.15) is 10.1 Å². The van der Waals surface area contributed by atoms with Gasteiger partial charge in [-0.1, -0.05) is 6.07 Å². The van der Waals surface area contributed by atoms with E-state index in [9.17, 15) is 0 Å². The van der Waals surface area contributed by atoms with Crippen molar-refractivity contribution in [2.24, 2.45) is 5.73 Å². The number of rotatable bonds is 10. The van der Waals surface area contributed by atoms with Crippen LogP contribution in [0.1, 0.15) is 19.3 Å². The van der Waals surface area contributed by atoms with Gasteiger partial charge in [0.1, 0.15) is 17.6 Å². The van der Waals surface area contributed by atoms with Gasteiger partial charge >= 0.3 is 0 Å². The zero-order chi connectivity index (χ0) is 22.2. The maximum Gasteiger partial charge on any atom is 0.234 e. The summed E-state index contributed by atoms with van der Waals surface area (Å²) in [4.78, 5) is 8.74. The van der Waals surface area contributed by atoms with E-state index < -0.39 is 0 Å². The van der Waals surface area contributed by atoms with Gasteiger partial charge < -0.3 is 30.6 Å². The molecule has 170 valence electrons. The predicted molar refractivity (Wildman–Crippen MR) is 122 cm³/mol. The van der Waals surface area contributed by atoms with Gasteiger partial charge in [-0.05, 0) is 44.5 Å². The molecule has 1 aliphatic rings. The number of nitrogens with one attached hydrogen (secondary N) is 3. The molecule has 1 saturated heterocycles. The van der Waals surface area contributed by atoms with Crippen molar-refractivity contribution in [3.05, 3.63) is 36.7 Å². The topological polar surface area (TPSA) is 132 Å². The highest BCUT2D eigenvalue weighted by Gasteiger charge is 2.17. The van der Waals surface area contributed by atoms with Crippen molar-refractivity contribution >= 4 is 11.6 Å². The number of aromatic nitrogens is 4. The molecule has 5 N–H and O–H groups in total. The van der Waals surface area contributed by atoms with Gasteiger partial charge in [0.05, 0.1) is 37.4 Å². The van der Waals surface area contributed by atoms with E-state index in [4.69, 9.17) is 19.9 Å². The van der Waals surface area contributed by atoms with Crippen LogP contribution < -0.4 is 30.6 Å². The number of benzene rings is 1. The Morgan fingerprint density at radius 1 is 1.22 bits per heavy atom. The molecule has 1 fully saturated rings. The number of hydrogen-bond donors (Lipinski definition) is 4. The first-order valence-electron chi connectivity index (χ1n) is 10.8. The number of nitrogens with zero attached hydrogens (tertiary/aromatic N) is 3. The van der Waals surface area contributed by atoms with Crippen LogP contribution in [-0.2, 0) is 0 Å². The number of methoxy groups -OCH3 is 1. The maximum atomic E-state index is 5.95. The van der Waals surface area contributed by atoms with Crippen molar-refractivity contribution in [1.82, 2.24) is 25.5 Å². The molecule has 32 heavy (non-hydrogen) atoms. The Labute approximate surface area is 186 Å². The fraction of sp³-hybridized carbons (Fsp3) is 0.409. The van der Waals surface area contributed by atoms with E-state index in [1.165, 1.54) is 0 Å². The van der Waals surface area contributed by atoms with E-state index >= 15 is 0 Å². The Kier molecular flexibility index (Phi) is 7.36. The molecule has 2 aromatic heterocycles. The molecular weight excluding hydrogens is 410 g/mol. The number of aromatic amines is 1. The molecule has 1 aromatic carbocycles. The molecule has 4 rings (SSSR count). The number of anilines is 2. The van der Waals surface area contributed by atoms with Crippen molar-refractivity contribution in [3.63, 3.8) is 0 Å². The van der Waals surface area contributed by atoms with Crippen molar-refractivity contribution < 1.29 is 14.2 Å². The van der Waals surface area contributed by atoms with Gasteiger partial charge in [0.15, 0.2) is 11.6 Å². The van der Waals surface area contributed by atoms with Crippen LogP contribution in [0.5, 0.6) is 17.4 Å². The van der Waals surface area contributed by atoms with Crippen molar-refractivity contribution in [2.45, 2.75) is 25.4 Å². The third-order valence-corrected chi connectivity index (χ3v) is 5.07. The van der Waals surface area contributed by atoms with Crippen LogP contribution in [0.3, 0.4) is 0 Å². The van der Waals surface area contributed by atoms with Crippen molar-refractivity contribution in [2.75, 3.05) is 38.7 Å². The van der Waals surface area contributed by atoms with Crippen LogP contribution in [-0.4, -0.2) is 59.6 Å². The lowest BCUT2D eigenvalue weighted by Gasteiger charge is -2.23. The molecule has 0 aliphatic carbocycles. The molecule has 1 atom stereocenters. The lowest BCUT2D eigenvalue weighted by atomic mass is 10.1. The largest absolute Gasteiger partial charge is 0.496 e. The summed E-state index contributed by atoms with van der Waals surface area (Å²) in [5, 5.41) is 13.9. The van der Waals surface area contributed by atoms with E-state index in [2.05, 4.69) is 30.8 Å². The maximum absolute atomic E-state index is 5.95. The third kappa shape index (κ3) is 5.45. The number of nitrogens with two attached hydrogens (primary N) is 1. The molecule has 0 amide bonds. The molecule has 0 unspecified atom stereocenters. The Balaban J connectivity index is 1.49. The van der Waals surface area contributed by atoms with Crippen molar-refractivity contribution in [3.8, 4) is 28.6 Å². The Morgan fingerprint density at radius 3 is 2.94 bits per heavy atom. The minimum atomic E-state index is 0.105. The van der Waals surface area contributed by atoms with Crippen LogP contribution in [0, 0.1) is 0 Å². The first-order valence-corrected chi connectivity index (χ1v) is 10.8. The standard InChI is InChI=1S/C22H29N7O3/c1-30-17-6-2-7-18(31-10-4-8-23)22(17)16-11-19(29-28-16)26-20-13-25-14-21(27-20)32-15-5-3-9-24-12-15/h2,6-7,11,13-15,24H,3-5,8-10,12,23H2,1H3,(H2,26,27,28,29)/t15-/m1/s1. The summed E-state index contributed by atoms with van der Waals surface area (Å²) >= 11 is 0. The average Bonchev–Trinajstić information content (AvgIpc) is 3.28. The lowest BCUT2D eigenvalue weighted by Crippen LogP contribution is -2.37. The van der Waals surface area contributed by atoms with Crippen LogP contribution in [0.15, 0.2) is 36.7 Å². The lowest BCUT2D eigenvalue weighted by molar-refractivity contribution is 0.160. The monoisotopic (exact) mass is 439 g/mol. The summed E-state index contributed by atoms with van der Waals surface area (Å²) in [7, 11) is 1.63. The Hall–Kier alpha value is -3.37. The number of piperidine rings is 1. The summed E-state index contributed by atoms with van der Waals surface area (Å²) in [6, 6.07) is 7.53. The normalized spacial score (nSPS) is 15.9. The van der Waals surface area contributed by atoms with Gasteiger partial charge in [-0.25, -0.2) is 0 Å². The van der Waals surface area contributed by atoms with E-state index in [-0.39, 0.29) is 6.10 Å². The van der Waals surface area contributed by atoms with Crippen LogP contribution >= 0.6 is 0 Å². The van der Waals surface area contributed by atoms with E-state index in [0.717, 1.165) is 43.6 Å². The zero-order valence-electron chi connectivity index (χ0n) is 18.1. The second-order valence-corrected chi connectivity index (χ2v) is 7.44. The summed E-state index contributed by atoms with van der Waals surface area (Å²) in [6.45, 7) is 2.94. The molecule has 0 saturated carbocycles. The van der Waals surface area contributed by atoms with Crippen LogP contribution in [0.2, 0.25) is 0 Å². The quantitative estimate of drug-likeness (QED) is 0.352. The molecule has 0 bridgehead atoms. The molecule has 0 spiro atoms. The Bertz CT molecular complexity index is 1000. The molecular formula is C22H29N7O3. The summed E-state index contributed by atoms with van der Waals surface area (Å²) in [6.07, 6.45) is 6.21. The van der Waals surface area contributed by atoms with Gasteiger partial charge in [0.2, 0.25) is 5.88 Å². The van der Waals surface area contributed by atoms with E-state index in [1.54, 1.807) is 19.5 Å². The molecule has 0 radical (unpaired) electrons. The first-order chi connectivity index (χ1) is 15.8.